The van der Waals surface area contributed by atoms with Crippen LogP contribution in [0, 0.1) is 0 Å². The van der Waals surface area contributed by atoms with Gasteiger partial charge in [-0.15, -0.1) is 11.6 Å². The van der Waals surface area contributed by atoms with Crippen molar-refractivity contribution in [3.63, 3.8) is 0 Å². The number of benzene rings is 1. The first kappa shape index (κ1) is 15.4. The fourth-order valence-corrected chi connectivity index (χ4v) is 1.86. The number of carboxylic acids is 1. The SMILES string of the molecule is O=C(O)C(=O)Cc1ccc(N(CCF)CCCl)cc1. The Bertz CT molecular complexity index is 430. The van der Waals surface area contributed by atoms with E-state index in [0.29, 0.717) is 18.0 Å². The lowest BCUT2D eigenvalue weighted by Crippen LogP contribution is -2.27. The molecule has 6 heteroatoms. The Morgan fingerprint density at radius 1 is 1.21 bits per heavy atom. The summed E-state index contributed by atoms with van der Waals surface area (Å²) >= 11 is 5.64. The van der Waals surface area contributed by atoms with Crippen LogP contribution in [0.25, 0.3) is 0 Å². The Labute approximate surface area is 115 Å². The summed E-state index contributed by atoms with van der Waals surface area (Å²) < 4.78 is 12.4. The molecule has 1 N–H and O–H groups in total. The molecule has 0 radical (unpaired) electrons. The van der Waals surface area contributed by atoms with E-state index in [9.17, 15) is 14.0 Å². The lowest BCUT2D eigenvalue weighted by Gasteiger charge is -2.22. The zero-order chi connectivity index (χ0) is 14.3. The molecule has 0 saturated heterocycles. The fourth-order valence-electron chi connectivity index (χ4n) is 1.66. The number of anilines is 1. The van der Waals surface area contributed by atoms with Crippen LogP contribution in [0.15, 0.2) is 24.3 Å². The second-order valence-electron chi connectivity index (χ2n) is 3.94. The maximum Gasteiger partial charge on any atom is 0.372 e. The average molecular weight is 288 g/mol. The number of nitrogens with zero attached hydrogens (tertiary/aromatic N) is 1. The van der Waals surface area contributed by atoms with Gasteiger partial charge in [-0.1, -0.05) is 12.1 Å². The summed E-state index contributed by atoms with van der Waals surface area (Å²) in [7, 11) is 0. The van der Waals surface area contributed by atoms with E-state index in [4.69, 9.17) is 16.7 Å². The van der Waals surface area contributed by atoms with E-state index in [1.54, 1.807) is 29.2 Å². The number of hydrogen-bond donors (Lipinski definition) is 1. The van der Waals surface area contributed by atoms with Gasteiger partial charge in [0.15, 0.2) is 0 Å². The fraction of sp³-hybridized carbons (Fsp3) is 0.385. The van der Waals surface area contributed by atoms with Crippen LogP contribution in [0.1, 0.15) is 5.56 Å². The molecule has 0 spiro atoms. The van der Waals surface area contributed by atoms with Crippen molar-refractivity contribution in [3.8, 4) is 0 Å². The maximum atomic E-state index is 12.4. The number of aliphatic carboxylic acids is 1. The molecule has 0 aliphatic carbocycles. The first-order valence-electron chi connectivity index (χ1n) is 5.80. The highest BCUT2D eigenvalue weighted by atomic mass is 35.5. The van der Waals surface area contributed by atoms with Gasteiger partial charge >= 0.3 is 5.97 Å². The van der Waals surface area contributed by atoms with Crippen LogP contribution in [0.4, 0.5) is 10.1 Å². The summed E-state index contributed by atoms with van der Waals surface area (Å²) in [6, 6.07) is 6.78. The van der Waals surface area contributed by atoms with E-state index < -0.39 is 18.4 Å². The van der Waals surface area contributed by atoms with Crippen LogP contribution in [-0.2, 0) is 16.0 Å². The average Bonchev–Trinajstić information content (AvgIpc) is 2.39. The zero-order valence-corrected chi connectivity index (χ0v) is 11.1. The van der Waals surface area contributed by atoms with E-state index in [1.807, 2.05) is 0 Å². The predicted molar refractivity (Wildman–Crippen MR) is 71.7 cm³/mol. The molecule has 104 valence electrons. The molecule has 19 heavy (non-hydrogen) atoms. The first-order chi connectivity index (χ1) is 9.08. The molecule has 0 aliphatic rings. The molecule has 0 saturated carbocycles. The minimum Gasteiger partial charge on any atom is -0.475 e. The van der Waals surface area contributed by atoms with Crippen LogP contribution in [0.2, 0.25) is 0 Å². The van der Waals surface area contributed by atoms with Crippen molar-refractivity contribution in [3.05, 3.63) is 29.8 Å². The van der Waals surface area contributed by atoms with Gasteiger partial charge in [0.2, 0.25) is 5.78 Å². The summed E-state index contributed by atoms with van der Waals surface area (Å²) in [4.78, 5) is 23.3. The van der Waals surface area contributed by atoms with Crippen molar-refractivity contribution in [1.29, 1.82) is 0 Å². The standard InChI is InChI=1S/C13H15ClFNO3/c14-5-7-16(8-6-15)11-3-1-10(2-4-11)9-12(17)13(18)19/h1-4H,5-9H2,(H,18,19). The highest BCUT2D eigenvalue weighted by Crippen LogP contribution is 2.16. The van der Waals surface area contributed by atoms with Gasteiger partial charge in [-0.05, 0) is 17.7 Å². The van der Waals surface area contributed by atoms with Gasteiger partial charge in [-0.3, -0.25) is 4.79 Å². The van der Waals surface area contributed by atoms with Crippen molar-refractivity contribution >= 4 is 29.0 Å². The van der Waals surface area contributed by atoms with Gasteiger partial charge in [-0.25, -0.2) is 9.18 Å². The van der Waals surface area contributed by atoms with Gasteiger partial charge in [0.1, 0.15) is 6.67 Å². The Kier molecular flexibility index (Phi) is 6.29. The number of carbonyl (C=O) groups is 2. The number of hydrogen-bond acceptors (Lipinski definition) is 3. The van der Waals surface area contributed by atoms with Crippen LogP contribution in [0.3, 0.4) is 0 Å². The van der Waals surface area contributed by atoms with Crippen molar-refractivity contribution in [1.82, 2.24) is 0 Å². The monoisotopic (exact) mass is 287 g/mol. The molecule has 0 unspecified atom stereocenters. The Hall–Kier alpha value is -1.62. The quantitative estimate of drug-likeness (QED) is 0.586. The number of alkyl halides is 2. The van der Waals surface area contributed by atoms with Crippen molar-refractivity contribution in [2.24, 2.45) is 0 Å². The molecular weight excluding hydrogens is 273 g/mol. The third-order valence-corrected chi connectivity index (χ3v) is 2.78. The van der Waals surface area contributed by atoms with Gasteiger partial charge in [0.05, 0.1) is 0 Å². The topological polar surface area (TPSA) is 57.6 Å². The molecule has 0 amide bonds. The van der Waals surface area contributed by atoms with Gasteiger partial charge in [-0.2, -0.15) is 0 Å². The minimum atomic E-state index is -1.44. The highest BCUT2D eigenvalue weighted by Gasteiger charge is 2.12. The molecule has 4 nitrogen and oxygen atoms in total. The Balaban J connectivity index is 2.73. The molecule has 1 rings (SSSR count). The molecule has 0 heterocycles. The number of ketones is 1. The molecule has 0 fully saturated rings. The van der Waals surface area contributed by atoms with E-state index in [0.717, 1.165) is 5.69 Å². The number of halogens is 2. The normalized spacial score (nSPS) is 10.2. The number of Topliss-reactive ketones (excluding diaryl/α,β-unsaturated/α-hetero) is 1. The van der Waals surface area contributed by atoms with E-state index in [2.05, 4.69) is 0 Å². The number of carbonyl (C=O) groups excluding carboxylic acids is 1. The molecule has 0 aliphatic heterocycles. The maximum absolute atomic E-state index is 12.4. The van der Waals surface area contributed by atoms with Crippen LogP contribution in [0.5, 0.6) is 0 Å². The van der Waals surface area contributed by atoms with Crippen LogP contribution < -0.4 is 4.90 Å². The highest BCUT2D eigenvalue weighted by molar-refractivity contribution is 6.33. The van der Waals surface area contributed by atoms with Gasteiger partial charge in [0.25, 0.3) is 0 Å². The molecule has 0 atom stereocenters. The summed E-state index contributed by atoms with van der Waals surface area (Å²) in [5.74, 6) is -1.90. The van der Waals surface area contributed by atoms with Gasteiger partial charge < -0.3 is 10.0 Å². The molecule has 0 aromatic heterocycles. The first-order valence-corrected chi connectivity index (χ1v) is 6.34. The third kappa shape index (κ3) is 4.87. The second-order valence-corrected chi connectivity index (χ2v) is 4.31. The third-order valence-electron chi connectivity index (χ3n) is 2.61. The van der Waals surface area contributed by atoms with Crippen LogP contribution >= 0.6 is 11.6 Å². The van der Waals surface area contributed by atoms with Gasteiger partial charge in [0, 0.05) is 31.1 Å². The largest absolute Gasteiger partial charge is 0.475 e. The van der Waals surface area contributed by atoms with E-state index in [-0.39, 0.29) is 13.0 Å². The predicted octanol–water partition coefficient (Wildman–Crippen LogP) is 1.90. The minimum absolute atomic E-state index is 0.145. The number of carboxylic acid groups (broad SMARTS) is 1. The number of rotatable bonds is 8. The molecule has 1 aromatic rings. The Morgan fingerprint density at radius 2 is 1.84 bits per heavy atom. The lowest BCUT2D eigenvalue weighted by atomic mass is 10.1. The second kappa shape index (κ2) is 7.74. The summed E-state index contributed by atoms with van der Waals surface area (Å²) in [6.45, 7) is 0.301. The summed E-state index contributed by atoms with van der Waals surface area (Å²) in [5.41, 5.74) is 1.41. The van der Waals surface area contributed by atoms with Crippen molar-refractivity contribution < 1.29 is 19.1 Å². The zero-order valence-electron chi connectivity index (χ0n) is 10.3. The molecule has 1 aromatic carbocycles. The molecular formula is C13H15ClFNO3. The summed E-state index contributed by atoms with van der Waals surface area (Å²) in [5, 5.41) is 8.51. The molecule has 0 bridgehead atoms. The van der Waals surface area contributed by atoms with Crippen molar-refractivity contribution in [2.45, 2.75) is 6.42 Å². The van der Waals surface area contributed by atoms with E-state index >= 15 is 0 Å². The lowest BCUT2D eigenvalue weighted by molar-refractivity contribution is -0.148. The van der Waals surface area contributed by atoms with Crippen LogP contribution in [-0.4, -0.2) is 42.5 Å². The van der Waals surface area contributed by atoms with Crippen molar-refractivity contribution in [2.75, 3.05) is 30.5 Å². The summed E-state index contributed by atoms with van der Waals surface area (Å²) in [6.07, 6.45) is -0.145. The Morgan fingerprint density at radius 3 is 2.32 bits per heavy atom. The van der Waals surface area contributed by atoms with E-state index in [1.165, 1.54) is 0 Å². The smallest absolute Gasteiger partial charge is 0.372 e.